The molecule has 7 nitrogen and oxygen atoms in total. The molecule has 0 spiro atoms. The minimum absolute atomic E-state index is 0.144. The minimum Gasteiger partial charge on any atom is -0.478 e. The van der Waals surface area contributed by atoms with Crippen LogP contribution in [0.1, 0.15) is 35.4 Å². The van der Waals surface area contributed by atoms with Crippen molar-refractivity contribution in [3.63, 3.8) is 0 Å². The highest BCUT2D eigenvalue weighted by molar-refractivity contribution is 7.85. The third kappa shape index (κ3) is 5.63. The molecule has 2 aromatic rings. The molecule has 30 heavy (non-hydrogen) atoms. The van der Waals surface area contributed by atoms with Crippen LogP contribution in [0.4, 0.5) is 0 Å². The van der Waals surface area contributed by atoms with E-state index in [1.165, 1.54) is 12.1 Å². The Morgan fingerprint density at radius 1 is 1.20 bits per heavy atom. The third-order valence-electron chi connectivity index (χ3n) is 4.97. The third-order valence-corrected chi connectivity index (χ3v) is 5.97. The summed E-state index contributed by atoms with van der Waals surface area (Å²) in [7, 11) is -4.36. The Balaban J connectivity index is 2.07. The molecule has 158 valence electrons. The summed E-state index contributed by atoms with van der Waals surface area (Å²) in [5.74, 6) is -1.07. The number of aryl methyl sites for hydroxylation is 1. The standard InChI is InChI=1S/C22H24N2O5S/c1-16-7-8-17(15-21(16)30(27,28)29)19(11-14-24-12-2-3-13-24)20-6-4-5-18(23-20)9-10-22(25)26/h4-11,15H,2-3,12-14H2,1H3,(H,25,26)(H,27,28,29)/b10-9+,19-11+. The smallest absolute Gasteiger partial charge is 0.328 e. The van der Waals surface area contributed by atoms with Gasteiger partial charge in [0.05, 0.1) is 16.3 Å². The quantitative estimate of drug-likeness (QED) is 0.515. The van der Waals surface area contributed by atoms with E-state index in [1.807, 2.05) is 6.08 Å². The highest BCUT2D eigenvalue weighted by Crippen LogP contribution is 2.27. The number of pyridine rings is 1. The van der Waals surface area contributed by atoms with E-state index in [2.05, 4.69) is 9.88 Å². The van der Waals surface area contributed by atoms with Gasteiger partial charge in [0.2, 0.25) is 0 Å². The molecule has 0 aliphatic carbocycles. The summed E-state index contributed by atoms with van der Waals surface area (Å²) in [4.78, 5) is 17.5. The predicted molar refractivity (Wildman–Crippen MR) is 115 cm³/mol. The van der Waals surface area contributed by atoms with Crippen LogP contribution in [0, 0.1) is 6.92 Å². The Kier molecular flexibility index (Phi) is 6.81. The molecule has 0 radical (unpaired) electrons. The normalized spacial score (nSPS) is 15.7. The second-order valence-corrected chi connectivity index (χ2v) is 8.59. The Morgan fingerprint density at radius 3 is 2.60 bits per heavy atom. The summed E-state index contributed by atoms with van der Waals surface area (Å²) in [6.45, 7) is 4.31. The largest absolute Gasteiger partial charge is 0.478 e. The molecule has 2 N–H and O–H groups in total. The van der Waals surface area contributed by atoms with Gasteiger partial charge in [0.1, 0.15) is 0 Å². The van der Waals surface area contributed by atoms with E-state index < -0.39 is 16.1 Å². The van der Waals surface area contributed by atoms with Crippen LogP contribution in [0.15, 0.2) is 53.4 Å². The van der Waals surface area contributed by atoms with Crippen LogP contribution in [0.25, 0.3) is 11.6 Å². The molecule has 1 saturated heterocycles. The molecule has 2 heterocycles. The SMILES string of the molecule is Cc1ccc(/C(=C\CN2CCCC2)c2cccc(/C=C/C(=O)O)n2)cc1S(=O)(=O)O. The average Bonchev–Trinajstić information content (AvgIpc) is 3.21. The molecule has 1 aliphatic heterocycles. The van der Waals surface area contributed by atoms with Crippen LogP contribution in [-0.4, -0.2) is 53.6 Å². The molecule has 0 bridgehead atoms. The number of hydrogen-bond acceptors (Lipinski definition) is 5. The number of benzene rings is 1. The van der Waals surface area contributed by atoms with Crippen molar-refractivity contribution in [3.8, 4) is 0 Å². The zero-order valence-corrected chi connectivity index (χ0v) is 17.5. The van der Waals surface area contributed by atoms with Gasteiger partial charge in [-0.3, -0.25) is 9.45 Å². The maximum atomic E-state index is 11.8. The van der Waals surface area contributed by atoms with Crippen molar-refractivity contribution < 1.29 is 22.9 Å². The van der Waals surface area contributed by atoms with Gasteiger partial charge in [-0.15, -0.1) is 0 Å². The molecule has 0 unspecified atom stereocenters. The van der Waals surface area contributed by atoms with Crippen LogP contribution < -0.4 is 0 Å². The molecular formula is C22H24N2O5S. The second kappa shape index (κ2) is 9.34. The van der Waals surface area contributed by atoms with E-state index in [1.54, 1.807) is 37.3 Å². The summed E-state index contributed by atoms with van der Waals surface area (Å²) < 4.78 is 33.1. The van der Waals surface area contributed by atoms with E-state index in [9.17, 15) is 17.8 Å². The van der Waals surface area contributed by atoms with Gasteiger partial charge in [0.25, 0.3) is 10.1 Å². The fraction of sp³-hybridized carbons (Fsp3) is 0.273. The topological polar surface area (TPSA) is 108 Å². The summed E-state index contributed by atoms with van der Waals surface area (Å²) in [5, 5.41) is 8.86. The monoisotopic (exact) mass is 428 g/mol. The van der Waals surface area contributed by atoms with Gasteiger partial charge in [0.15, 0.2) is 0 Å². The Bertz CT molecular complexity index is 1100. The number of rotatable bonds is 7. The van der Waals surface area contributed by atoms with Gasteiger partial charge in [-0.25, -0.2) is 9.78 Å². The number of aliphatic carboxylic acids is 1. The first-order chi connectivity index (χ1) is 14.2. The highest BCUT2D eigenvalue weighted by atomic mass is 32.2. The number of carboxylic acids is 1. The van der Waals surface area contributed by atoms with Crippen molar-refractivity contribution in [1.29, 1.82) is 0 Å². The van der Waals surface area contributed by atoms with Crippen LogP contribution in [0.3, 0.4) is 0 Å². The van der Waals surface area contributed by atoms with E-state index in [0.717, 1.165) is 37.6 Å². The Morgan fingerprint density at radius 2 is 1.93 bits per heavy atom. The van der Waals surface area contributed by atoms with Crippen molar-refractivity contribution in [2.75, 3.05) is 19.6 Å². The van der Waals surface area contributed by atoms with Gasteiger partial charge >= 0.3 is 5.97 Å². The summed E-state index contributed by atoms with van der Waals surface area (Å²) >= 11 is 0. The molecule has 8 heteroatoms. The highest BCUT2D eigenvalue weighted by Gasteiger charge is 2.17. The zero-order valence-electron chi connectivity index (χ0n) is 16.7. The predicted octanol–water partition coefficient (Wildman–Crippen LogP) is 3.26. The Hall–Kier alpha value is -2.81. The van der Waals surface area contributed by atoms with E-state index in [-0.39, 0.29) is 4.90 Å². The molecule has 3 rings (SSSR count). The second-order valence-electron chi connectivity index (χ2n) is 7.20. The number of nitrogens with zero attached hydrogens (tertiary/aromatic N) is 2. The van der Waals surface area contributed by atoms with Gasteiger partial charge in [-0.2, -0.15) is 8.42 Å². The molecule has 1 aromatic heterocycles. The lowest BCUT2D eigenvalue weighted by atomic mass is 10.00. The zero-order chi connectivity index (χ0) is 21.7. The number of carbonyl (C=O) groups is 1. The maximum Gasteiger partial charge on any atom is 0.328 e. The lowest BCUT2D eigenvalue weighted by molar-refractivity contribution is -0.131. The van der Waals surface area contributed by atoms with E-state index >= 15 is 0 Å². The van der Waals surface area contributed by atoms with Crippen molar-refractivity contribution in [1.82, 2.24) is 9.88 Å². The molecule has 0 amide bonds. The first kappa shape index (κ1) is 21.9. The first-order valence-electron chi connectivity index (χ1n) is 9.63. The summed E-state index contributed by atoms with van der Waals surface area (Å²) in [6, 6.07) is 10.1. The van der Waals surface area contributed by atoms with Crippen molar-refractivity contribution in [2.24, 2.45) is 0 Å². The average molecular weight is 429 g/mol. The van der Waals surface area contributed by atoms with E-state index in [0.29, 0.717) is 29.1 Å². The minimum atomic E-state index is -4.36. The van der Waals surface area contributed by atoms with Gasteiger partial charge < -0.3 is 5.11 Å². The Labute approximate surface area is 176 Å². The molecule has 1 fully saturated rings. The lowest BCUT2D eigenvalue weighted by Gasteiger charge is -2.15. The van der Waals surface area contributed by atoms with Crippen LogP contribution >= 0.6 is 0 Å². The fourth-order valence-corrected chi connectivity index (χ4v) is 4.20. The van der Waals surface area contributed by atoms with Crippen molar-refractivity contribution >= 4 is 27.7 Å². The van der Waals surface area contributed by atoms with Crippen LogP contribution in [0.2, 0.25) is 0 Å². The van der Waals surface area contributed by atoms with Gasteiger partial charge in [0, 0.05) is 18.2 Å². The first-order valence-corrected chi connectivity index (χ1v) is 11.1. The molecule has 1 aromatic carbocycles. The maximum absolute atomic E-state index is 11.8. The van der Waals surface area contributed by atoms with Crippen molar-refractivity contribution in [3.05, 3.63) is 71.1 Å². The lowest BCUT2D eigenvalue weighted by Crippen LogP contribution is -2.19. The van der Waals surface area contributed by atoms with E-state index in [4.69, 9.17) is 5.11 Å². The molecule has 1 aliphatic rings. The van der Waals surface area contributed by atoms with Gasteiger partial charge in [-0.1, -0.05) is 24.3 Å². The van der Waals surface area contributed by atoms with Crippen LogP contribution in [-0.2, 0) is 14.9 Å². The molecule has 0 saturated carbocycles. The number of aromatic nitrogens is 1. The number of likely N-dealkylation sites (tertiary alicyclic amines) is 1. The molecule has 0 atom stereocenters. The van der Waals surface area contributed by atoms with Crippen molar-refractivity contribution in [2.45, 2.75) is 24.7 Å². The number of hydrogen-bond donors (Lipinski definition) is 2. The van der Waals surface area contributed by atoms with Gasteiger partial charge in [-0.05, 0) is 68.3 Å². The summed E-state index contributed by atoms with van der Waals surface area (Å²) in [5.41, 5.74) is 2.85. The van der Waals surface area contributed by atoms with Crippen LogP contribution in [0.5, 0.6) is 0 Å². The number of carboxylic acid groups (broad SMARTS) is 1. The fourth-order valence-electron chi connectivity index (χ4n) is 3.45. The summed E-state index contributed by atoms with van der Waals surface area (Å²) in [6.07, 6.45) is 6.71. The molecular weight excluding hydrogens is 404 g/mol.